The molecule has 9 heteroatoms. The third kappa shape index (κ3) is 5.94. The first-order valence-corrected chi connectivity index (χ1v) is 14.9. The van der Waals surface area contributed by atoms with Crippen LogP contribution in [0.25, 0.3) is 33.6 Å². The molecule has 0 radical (unpaired) electrons. The predicted octanol–water partition coefficient (Wildman–Crippen LogP) is 6.27. The van der Waals surface area contributed by atoms with Crippen LogP contribution in [0.15, 0.2) is 59.1 Å². The molecule has 0 spiro atoms. The topological polar surface area (TPSA) is 110 Å². The predicted molar refractivity (Wildman–Crippen MR) is 164 cm³/mol. The number of nitrogens with zero attached hydrogens (tertiary/aromatic N) is 3. The van der Waals surface area contributed by atoms with E-state index in [1.54, 1.807) is 19.4 Å². The van der Waals surface area contributed by atoms with Crippen LogP contribution in [0.1, 0.15) is 49.0 Å². The number of fused-ring (bicyclic) bond motifs is 1. The highest BCUT2D eigenvalue weighted by Crippen LogP contribution is 2.38. The van der Waals surface area contributed by atoms with Gasteiger partial charge in [0.15, 0.2) is 5.58 Å². The molecule has 4 heterocycles. The highest BCUT2D eigenvalue weighted by molar-refractivity contribution is 5.97. The van der Waals surface area contributed by atoms with Gasteiger partial charge in [-0.1, -0.05) is 13.0 Å². The molecule has 2 aromatic carbocycles. The molecule has 1 amide bonds. The van der Waals surface area contributed by atoms with E-state index in [4.69, 9.17) is 18.6 Å². The Hall–Kier alpha value is -4.39. The van der Waals surface area contributed by atoms with Gasteiger partial charge in [-0.3, -0.25) is 9.78 Å². The first-order chi connectivity index (χ1) is 21.0. The number of hydrogen-bond donors (Lipinski definition) is 1. The number of nitrogens with one attached hydrogen (secondary N) is 1. The lowest BCUT2D eigenvalue weighted by Gasteiger charge is -2.36. The lowest BCUT2D eigenvalue weighted by Crippen LogP contribution is -2.48. The molecule has 2 aromatic heterocycles. The number of methoxy groups -OCH3 is 1. The summed E-state index contributed by atoms with van der Waals surface area (Å²) in [5.41, 5.74) is 5.66. The van der Waals surface area contributed by atoms with Gasteiger partial charge in [-0.05, 0) is 68.1 Å². The van der Waals surface area contributed by atoms with Crippen molar-refractivity contribution in [2.24, 2.45) is 0 Å². The van der Waals surface area contributed by atoms with Gasteiger partial charge in [0.2, 0.25) is 0 Å². The maximum Gasteiger partial charge on any atom is 0.254 e. The largest absolute Gasteiger partial charge is 0.496 e. The Morgan fingerprint density at radius 1 is 1.12 bits per heavy atom. The smallest absolute Gasteiger partial charge is 0.254 e. The number of carbonyl (C=O) groups excluding carboxylic acids is 1. The Morgan fingerprint density at radius 3 is 2.72 bits per heavy atom. The number of morpholine rings is 1. The maximum absolute atomic E-state index is 13.4. The number of furan rings is 1. The Kier molecular flexibility index (Phi) is 8.32. The molecule has 0 bridgehead atoms. The Balaban J connectivity index is 1.29. The molecule has 2 aliphatic heterocycles. The van der Waals surface area contributed by atoms with Gasteiger partial charge in [-0.15, -0.1) is 0 Å². The highest BCUT2D eigenvalue weighted by Gasteiger charge is 2.29. The Labute approximate surface area is 251 Å². The fourth-order valence-corrected chi connectivity index (χ4v) is 5.94. The molecule has 222 valence electrons. The monoisotopic (exact) mass is 580 g/mol. The van der Waals surface area contributed by atoms with Gasteiger partial charge in [0.25, 0.3) is 5.91 Å². The second-order valence-electron chi connectivity index (χ2n) is 11.2. The molecule has 9 nitrogen and oxygen atoms in total. The number of anilines is 1. The van der Waals surface area contributed by atoms with Crippen LogP contribution in [-0.4, -0.2) is 67.5 Å². The van der Waals surface area contributed by atoms with E-state index in [1.807, 2.05) is 54.3 Å². The van der Waals surface area contributed by atoms with Crippen LogP contribution < -0.4 is 10.1 Å². The average molecular weight is 581 g/mol. The highest BCUT2D eigenvalue weighted by atomic mass is 16.5. The summed E-state index contributed by atoms with van der Waals surface area (Å²) in [6.45, 7) is 6.64. The van der Waals surface area contributed by atoms with Crippen molar-refractivity contribution < 1.29 is 23.4 Å². The van der Waals surface area contributed by atoms with Crippen LogP contribution in [0.5, 0.6) is 5.75 Å². The number of amides is 1. The summed E-state index contributed by atoms with van der Waals surface area (Å²) in [6.07, 6.45) is 4.45. The Bertz CT molecular complexity index is 1670. The summed E-state index contributed by atoms with van der Waals surface area (Å²) in [7, 11) is 1.59. The number of nitriles is 1. The molecule has 2 unspecified atom stereocenters. The first-order valence-electron chi connectivity index (χ1n) is 14.9. The second-order valence-corrected chi connectivity index (χ2v) is 11.2. The zero-order chi connectivity index (χ0) is 29.9. The van der Waals surface area contributed by atoms with E-state index in [0.717, 1.165) is 54.9 Å². The molecule has 43 heavy (non-hydrogen) atoms. The number of rotatable bonds is 7. The molecule has 4 aromatic rings. The molecule has 2 fully saturated rings. The lowest BCUT2D eigenvalue weighted by atomic mass is 10.0. The zero-order valence-electron chi connectivity index (χ0n) is 24.8. The maximum atomic E-state index is 13.4. The SMILES string of the molecule is CCC1CN(C(=O)c2ccc(-c3cc4nccc(-c5ccc(NC6CCOCC6)c(C#N)c5)c4o3)c(OC)c2)CC(C)O1. The van der Waals surface area contributed by atoms with E-state index >= 15 is 0 Å². The number of aromatic nitrogens is 1. The summed E-state index contributed by atoms with van der Waals surface area (Å²) in [6, 6.07) is 17.7. The fraction of sp³-hybridized carbons (Fsp3) is 0.382. The third-order valence-corrected chi connectivity index (χ3v) is 8.23. The summed E-state index contributed by atoms with van der Waals surface area (Å²) < 4.78 is 23.5. The molecule has 6 rings (SSSR count). The number of carbonyl (C=O) groups is 1. The fourth-order valence-electron chi connectivity index (χ4n) is 5.94. The van der Waals surface area contributed by atoms with E-state index in [2.05, 4.69) is 23.3 Å². The van der Waals surface area contributed by atoms with Crippen molar-refractivity contribution in [3.8, 4) is 34.3 Å². The molecule has 0 saturated carbocycles. The minimum atomic E-state index is -0.0462. The molecular formula is C34H36N4O5. The van der Waals surface area contributed by atoms with Crippen molar-refractivity contribution in [3.05, 3.63) is 65.9 Å². The lowest BCUT2D eigenvalue weighted by molar-refractivity contribution is -0.0681. The van der Waals surface area contributed by atoms with Gasteiger partial charge >= 0.3 is 0 Å². The molecule has 2 aliphatic rings. The third-order valence-electron chi connectivity index (χ3n) is 8.23. The van der Waals surface area contributed by atoms with Gasteiger partial charge in [-0.25, -0.2) is 0 Å². The van der Waals surface area contributed by atoms with E-state index in [1.165, 1.54) is 0 Å². The average Bonchev–Trinajstić information content (AvgIpc) is 3.49. The van der Waals surface area contributed by atoms with Crippen molar-refractivity contribution in [2.45, 2.75) is 51.4 Å². The van der Waals surface area contributed by atoms with Crippen molar-refractivity contribution in [1.29, 1.82) is 5.26 Å². The van der Waals surface area contributed by atoms with Crippen LogP contribution in [0, 0.1) is 11.3 Å². The van der Waals surface area contributed by atoms with Crippen LogP contribution in [0.3, 0.4) is 0 Å². The van der Waals surface area contributed by atoms with Crippen LogP contribution in [-0.2, 0) is 9.47 Å². The van der Waals surface area contributed by atoms with Crippen molar-refractivity contribution >= 4 is 22.7 Å². The number of ether oxygens (including phenoxy) is 3. The van der Waals surface area contributed by atoms with Gasteiger partial charge in [0.05, 0.1) is 36.1 Å². The number of benzene rings is 2. The second kappa shape index (κ2) is 12.5. The molecule has 2 saturated heterocycles. The van der Waals surface area contributed by atoms with E-state index < -0.39 is 0 Å². The summed E-state index contributed by atoms with van der Waals surface area (Å²) >= 11 is 0. The zero-order valence-corrected chi connectivity index (χ0v) is 24.8. The first kappa shape index (κ1) is 28.7. The Morgan fingerprint density at radius 2 is 1.95 bits per heavy atom. The molecular weight excluding hydrogens is 544 g/mol. The van der Waals surface area contributed by atoms with Crippen LogP contribution in [0.2, 0.25) is 0 Å². The van der Waals surface area contributed by atoms with Gasteiger partial charge in [0, 0.05) is 55.7 Å². The molecule has 2 atom stereocenters. The summed E-state index contributed by atoms with van der Waals surface area (Å²) in [5, 5.41) is 13.4. The quantitative estimate of drug-likeness (QED) is 0.272. The van der Waals surface area contributed by atoms with E-state index in [0.29, 0.717) is 46.8 Å². The van der Waals surface area contributed by atoms with E-state index in [9.17, 15) is 10.1 Å². The van der Waals surface area contributed by atoms with Crippen LogP contribution in [0.4, 0.5) is 5.69 Å². The molecule has 1 N–H and O–H groups in total. The minimum Gasteiger partial charge on any atom is -0.496 e. The normalized spacial score (nSPS) is 19.3. The number of hydrogen-bond acceptors (Lipinski definition) is 8. The van der Waals surface area contributed by atoms with Gasteiger partial charge < -0.3 is 28.8 Å². The van der Waals surface area contributed by atoms with Gasteiger partial charge in [0.1, 0.15) is 23.1 Å². The standard InChI is InChI=1S/C34H36N4O5/c1-4-26-20-38(19-21(2)42-26)34(39)23-5-7-28(31(16-23)40-3)32-17-30-33(43-32)27(9-12-36-30)22-6-8-29(24(15-22)18-35)37-25-10-13-41-14-11-25/h5-9,12,15-17,21,25-26,37H,4,10-11,13-14,19-20H2,1-3H3. The number of pyridine rings is 1. The summed E-state index contributed by atoms with van der Waals surface area (Å²) in [4.78, 5) is 19.8. The van der Waals surface area contributed by atoms with Crippen molar-refractivity contribution in [3.63, 3.8) is 0 Å². The van der Waals surface area contributed by atoms with Crippen molar-refractivity contribution in [1.82, 2.24) is 9.88 Å². The van der Waals surface area contributed by atoms with Gasteiger partial charge in [-0.2, -0.15) is 5.26 Å². The van der Waals surface area contributed by atoms with E-state index in [-0.39, 0.29) is 24.2 Å². The molecule has 0 aliphatic carbocycles. The minimum absolute atomic E-state index is 0.00948. The summed E-state index contributed by atoms with van der Waals surface area (Å²) in [5.74, 6) is 1.07. The van der Waals surface area contributed by atoms with Crippen molar-refractivity contribution in [2.75, 3.05) is 38.7 Å². The van der Waals surface area contributed by atoms with Crippen LogP contribution >= 0.6 is 0 Å².